The third-order valence-electron chi connectivity index (χ3n) is 4.98. The summed E-state index contributed by atoms with van der Waals surface area (Å²) in [4.78, 5) is 29.0. The zero-order valence-electron chi connectivity index (χ0n) is 16.1. The molecule has 0 amide bonds. The van der Waals surface area contributed by atoms with Gasteiger partial charge in [0.25, 0.3) is 0 Å². The summed E-state index contributed by atoms with van der Waals surface area (Å²) in [5.41, 5.74) is 3.20. The molecule has 0 unspecified atom stereocenters. The summed E-state index contributed by atoms with van der Waals surface area (Å²) in [5, 5.41) is 9.61. The Morgan fingerprint density at radius 2 is 1.80 bits per heavy atom. The van der Waals surface area contributed by atoms with Crippen molar-refractivity contribution < 1.29 is 4.79 Å². The average molecular weight is 415 g/mol. The second kappa shape index (κ2) is 7.31. The van der Waals surface area contributed by atoms with E-state index in [2.05, 4.69) is 15.2 Å². The van der Waals surface area contributed by atoms with Gasteiger partial charge in [-0.3, -0.25) is 18.6 Å². The third kappa shape index (κ3) is 3.02. The summed E-state index contributed by atoms with van der Waals surface area (Å²) in [6, 6.07) is 17.1. The molecule has 7 nitrogen and oxygen atoms in total. The number of nitrogens with one attached hydrogen (secondary N) is 1. The van der Waals surface area contributed by atoms with Gasteiger partial charge in [0.05, 0.1) is 5.75 Å². The number of aryl methyl sites for hydroxylation is 1. The van der Waals surface area contributed by atoms with Crippen LogP contribution < -0.4 is 5.56 Å². The smallest absolute Gasteiger partial charge is 0.300 e. The number of fused-ring (bicyclic) bond motifs is 2. The molecule has 0 saturated heterocycles. The topological polar surface area (TPSA) is 85.1 Å². The fourth-order valence-electron chi connectivity index (χ4n) is 3.59. The predicted octanol–water partition coefficient (Wildman–Crippen LogP) is 3.64. The molecule has 0 fully saturated rings. The number of benzene rings is 2. The molecule has 3 aromatic heterocycles. The Labute approximate surface area is 175 Å². The van der Waals surface area contributed by atoms with E-state index in [0.29, 0.717) is 10.7 Å². The largest absolute Gasteiger partial charge is 0.358 e. The van der Waals surface area contributed by atoms with Crippen molar-refractivity contribution in [1.29, 1.82) is 0 Å². The Morgan fingerprint density at radius 3 is 2.63 bits per heavy atom. The van der Waals surface area contributed by atoms with Crippen LogP contribution in [0.15, 0.2) is 76.9 Å². The van der Waals surface area contributed by atoms with E-state index in [1.54, 1.807) is 16.8 Å². The number of carbonyl (C=O) groups excluding carboxylic acids is 1. The number of hydrogen-bond acceptors (Lipinski definition) is 5. The van der Waals surface area contributed by atoms with Crippen molar-refractivity contribution in [2.24, 2.45) is 0 Å². The Morgan fingerprint density at radius 1 is 1.03 bits per heavy atom. The lowest BCUT2D eigenvalue weighted by Crippen LogP contribution is -2.20. The van der Waals surface area contributed by atoms with Gasteiger partial charge in [0.15, 0.2) is 10.9 Å². The van der Waals surface area contributed by atoms with Crippen LogP contribution in [0.3, 0.4) is 0 Å². The summed E-state index contributed by atoms with van der Waals surface area (Å²) in [7, 11) is 0. The molecular weight excluding hydrogens is 398 g/mol. The van der Waals surface area contributed by atoms with Crippen LogP contribution in [0.2, 0.25) is 0 Å². The first-order chi connectivity index (χ1) is 14.6. The van der Waals surface area contributed by atoms with E-state index >= 15 is 0 Å². The molecule has 0 aliphatic heterocycles. The molecule has 0 aliphatic carbocycles. The van der Waals surface area contributed by atoms with Gasteiger partial charge < -0.3 is 4.98 Å². The van der Waals surface area contributed by atoms with E-state index in [9.17, 15) is 9.59 Å². The molecule has 148 valence electrons. The predicted molar refractivity (Wildman–Crippen MR) is 117 cm³/mol. The lowest BCUT2D eigenvalue weighted by molar-refractivity contribution is 0.102. The molecule has 3 heterocycles. The van der Waals surface area contributed by atoms with E-state index in [-0.39, 0.29) is 22.7 Å². The number of Topliss-reactive ketones (excluding diaryl/α,β-unsaturated/α-hetero) is 1. The highest BCUT2D eigenvalue weighted by molar-refractivity contribution is 7.99. The molecule has 2 aromatic carbocycles. The molecule has 0 radical (unpaired) electrons. The Hall–Kier alpha value is -3.65. The zero-order valence-corrected chi connectivity index (χ0v) is 16.9. The fourth-order valence-corrected chi connectivity index (χ4v) is 4.38. The maximum absolute atomic E-state index is 12.9. The van der Waals surface area contributed by atoms with Crippen LogP contribution in [0.25, 0.3) is 22.2 Å². The lowest BCUT2D eigenvalue weighted by Gasteiger charge is -2.06. The number of aromatic nitrogens is 5. The van der Waals surface area contributed by atoms with Crippen LogP contribution in [0.4, 0.5) is 0 Å². The standard InChI is InChI=1S/C22H17N5O2S/c1-14-19(16-9-5-6-10-17(16)23-14)18(28)13-30-22-25-24-20-21(29)26(11-12-27(20)22)15-7-3-2-4-8-15/h2-12,23H,13H2,1H3. The van der Waals surface area contributed by atoms with Crippen molar-refractivity contribution in [3.05, 3.63) is 88.6 Å². The van der Waals surface area contributed by atoms with Crippen LogP contribution >= 0.6 is 11.8 Å². The van der Waals surface area contributed by atoms with Crippen LogP contribution in [0.5, 0.6) is 0 Å². The van der Waals surface area contributed by atoms with Crippen molar-refractivity contribution in [1.82, 2.24) is 24.1 Å². The number of hydrogen-bond donors (Lipinski definition) is 1. The zero-order chi connectivity index (χ0) is 20.7. The van der Waals surface area contributed by atoms with E-state index in [1.807, 2.05) is 61.5 Å². The number of para-hydroxylation sites is 2. The molecule has 8 heteroatoms. The van der Waals surface area contributed by atoms with Gasteiger partial charge in [0, 0.05) is 40.2 Å². The molecule has 30 heavy (non-hydrogen) atoms. The first-order valence-electron chi connectivity index (χ1n) is 9.38. The minimum absolute atomic E-state index is 0.00401. The second-order valence-electron chi connectivity index (χ2n) is 6.87. The van der Waals surface area contributed by atoms with Gasteiger partial charge in [-0.1, -0.05) is 48.2 Å². The minimum Gasteiger partial charge on any atom is -0.358 e. The summed E-state index contributed by atoms with van der Waals surface area (Å²) in [6.45, 7) is 1.90. The maximum atomic E-state index is 12.9. The van der Waals surface area contributed by atoms with Crippen LogP contribution in [0.1, 0.15) is 16.1 Å². The van der Waals surface area contributed by atoms with Gasteiger partial charge in [0.2, 0.25) is 5.65 Å². The Kier molecular flexibility index (Phi) is 4.48. The SMILES string of the molecule is Cc1[nH]c2ccccc2c1C(=O)CSc1nnc2c(=O)n(-c3ccccc3)ccn12. The van der Waals surface area contributed by atoms with Gasteiger partial charge in [-0.15, -0.1) is 10.2 Å². The number of ketones is 1. The van der Waals surface area contributed by atoms with Gasteiger partial charge in [-0.25, -0.2) is 0 Å². The van der Waals surface area contributed by atoms with Crippen LogP contribution in [-0.2, 0) is 0 Å². The quantitative estimate of drug-likeness (QED) is 0.350. The highest BCUT2D eigenvalue weighted by atomic mass is 32.2. The van der Waals surface area contributed by atoms with Crippen molar-refractivity contribution in [3.8, 4) is 5.69 Å². The molecule has 0 atom stereocenters. The van der Waals surface area contributed by atoms with E-state index in [1.165, 1.54) is 16.3 Å². The molecule has 5 rings (SSSR count). The number of aromatic amines is 1. The average Bonchev–Trinajstić information content (AvgIpc) is 3.33. The monoisotopic (exact) mass is 415 g/mol. The van der Waals surface area contributed by atoms with Crippen molar-refractivity contribution >= 4 is 34.1 Å². The Balaban J connectivity index is 1.44. The molecule has 0 aliphatic rings. The van der Waals surface area contributed by atoms with E-state index in [0.717, 1.165) is 22.3 Å². The molecular formula is C22H17N5O2S. The number of H-pyrrole nitrogens is 1. The highest BCUT2D eigenvalue weighted by Crippen LogP contribution is 2.25. The summed E-state index contributed by atoms with van der Waals surface area (Å²) in [6.07, 6.45) is 3.43. The van der Waals surface area contributed by atoms with E-state index in [4.69, 9.17) is 0 Å². The van der Waals surface area contributed by atoms with Gasteiger partial charge in [-0.05, 0) is 25.1 Å². The summed E-state index contributed by atoms with van der Waals surface area (Å²) in [5.74, 6) is 0.204. The number of rotatable bonds is 5. The first kappa shape index (κ1) is 18.4. The van der Waals surface area contributed by atoms with E-state index < -0.39 is 0 Å². The van der Waals surface area contributed by atoms with Crippen molar-refractivity contribution in [3.63, 3.8) is 0 Å². The molecule has 0 spiro atoms. The van der Waals surface area contributed by atoms with Crippen molar-refractivity contribution in [2.45, 2.75) is 12.1 Å². The molecule has 5 aromatic rings. The molecule has 0 bridgehead atoms. The maximum Gasteiger partial charge on any atom is 0.300 e. The molecule has 1 N–H and O–H groups in total. The summed E-state index contributed by atoms with van der Waals surface area (Å²) < 4.78 is 3.15. The first-order valence-corrected chi connectivity index (χ1v) is 10.4. The van der Waals surface area contributed by atoms with Gasteiger partial charge in [0.1, 0.15) is 0 Å². The minimum atomic E-state index is -0.262. The highest BCUT2D eigenvalue weighted by Gasteiger charge is 2.18. The summed E-state index contributed by atoms with van der Waals surface area (Å²) >= 11 is 1.27. The van der Waals surface area contributed by atoms with Gasteiger partial charge in [-0.2, -0.15) is 0 Å². The normalized spacial score (nSPS) is 11.4. The van der Waals surface area contributed by atoms with Crippen LogP contribution in [-0.4, -0.2) is 35.7 Å². The Bertz CT molecular complexity index is 1450. The lowest BCUT2D eigenvalue weighted by atomic mass is 10.1. The van der Waals surface area contributed by atoms with Crippen LogP contribution in [0, 0.1) is 6.92 Å². The number of carbonyl (C=O) groups is 1. The number of thioether (sulfide) groups is 1. The van der Waals surface area contributed by atoms with Crippen molar-refractivity contribution in [2.75, 3.05) is 5.75 Å². The molecule has 0 saturated carbocycles. The fraction of sp³-hybridized carbons (Fsp3) is 0.0909. The van der Waals surface area contributed by atoms with Gasteiger partial charge >= 0.3 is 5.56 Å². The second-order valence-corrected chi connectivity index (χ2v) is 7.81. The third-order valence-corrected chi connectivity index (χ3v) is 5.92. The number of nitrogens with zero attached hydrogens (tertiary/aromatic N) is 4.